The van der Waals surface area contributed by atoms with E-state index in [0.717, 1.165) is 0 Å². The lowest BCUT2D eigenvalue weighted by Crippen LogP contribution is -2.10. The van der Waals surface area contributed by atoms with Gasteiger partial charge in [-0.3, -0.25) is 4.79 Å². The van der Waals surface area contributed by atoms with Gasteiger partial charge in [0.15, 0.2) is 5.75 Å². The smallest absolute Gasteiger partial charge is 0.337 e. The van der Waals surface area contributed by atoms with Crippen molar-refractivity contribution in [3.63, 3.8) is 0 Å². The lowest BCUT2D eigenvalue weighted by Gasteiger charge is -2.10. The largest absolute Gasteiger partial charge is 0.478 e. The molecule has 2 aromatic rings. The van der Waals surface area contributed by atoms with E-state index in [1.165, 1.54) is 18.2 Å². The fraction of sp³-hybridized carbons (Fsp3) is 0. The van der Waals surface area contributed by atoms with Gasteiger partial charge < -0.3 is 21.3 Å². The number of amides is 1. The molecule has 0 saturated heterocycles. The van der Waals surface area contributed by atoms with Crippen molar-refractivity contribution in [3.8, 4) is 11.5 Å². The molecule has 0 saturated carbocycles. The minimum atomic E-state index is -1.14. The normalized spacial score (nSPS) is 10.0. The van der Waals surface area contributed by atoms with Gasteiger partial charge in [0.2, 0.25) is 5.91 Å². The molecule has 6 nitrogen and oxygen atoms in total. The maximum atomic E-state index is 11.1. The third kappa shape index (κ3) is 2.69. The molecule has 0 aromatic heterocycles. The highest BCUT2D eigenvalue weighted by Crippen LogP contribution is 2.30. The van der Waals surface area contributed by atoms with Crippen molar-refractivity contribution in [1.29, 1.82) is 0 Å². The average molecular weight is 272 g/mol. The number of nitrogen functional groups attached to an aromatic ring is 1. The molecule has 0 heterocycles. The first-order valence-electron chi connectivity index (χ1n) is 5.68. The summed E-state index contributed by atoms with van der Waals surface area (Å²) < 4.78 is 5.49. The van der Waals surface area contributed by atoms with Crippen LogP contribution in [0.15, 0.2) is 42.5 Å². The molecule has 0 aliphatic carbocycles. The van der Waals surface area contributed by atoms with E-state index in [-0.39, 0.29) is 22.6 Å². The summed E-state index contributed by atoms with van der Waals surface area (Å²) >= 11 is 0. The number of carboxylic acids is 1. The van der Waals surface area contributed by atoms with Crippen LogP contribution in [0.4, 0.5) is 5.69 Å². The second-order valence-electron chi connectivity index (χ2n) is 4.02. The fourth-order valence-electron chi connectivity index (χ4n) is 1.66. The van der Waals surface area contributed by atoms with Crippen LogP contribution in [0.1, 0.15) is 20.7 Å². The average Bonchev–Trinajstić information content (AvgIpc) is 2.41. The molecule has 20 heavy (non-hydrogen) atoms. The number of carboxylic acid groups (broad SMARTS) is 1. The SMILES string of the molecule is NC(=O)c1cccc(Oc2cccc(C(=O)O)c2N)c1. The van der Waals surface area contributed by atoms with Gasteiger partial charge in [-0.2, -0.15) is 0 Å². The summed E-state index contributed by atoms with van der Waals surface area (Å²) in [6.07, 6.45) is 0. The highest BCUT2D eigenvalue weighted by molar-refractivity contribution is 5.95. The van der Waals surface area contributed by atoms with Crippen LogP contribution in [-0.2, 0) is 0 Å². The molecule has 2 aromatic carbocycles. The fourth-order valence-corrected chi connectivity index (χ4v) is 1.66. The summed E-state index contributed by atoms with van der Waals surface area (Å²) in [6.45, 7) is 0. The Hall–Kier alpha value is -3.02. The summed E-state index contributed by atoms with van der Waals surface area (Å²) in [6, 6.07) is 10.7. The van der Waals surface area contributed by atoms with Gasteiger partial charge in [0, 0.05) is 5.56 Å². The molecular weight excluding hydrogens is 260 g/mol. The topological polar surface area (TPSA) is 116 Å². The summed E-state index contributed by atoms with van der Waals surface area (Å²) in [4.78, 5) is 22.1. The zero-order valence-electron chi connectivity index (χ0n) is 10.4. The summed E-state index contributed by atoms with van der Waals surface area (Å²) in [5, 5.41) is 8.98. The zero-order valence-corrected chi connectivity index (χ0v) is 10.4. The zero-order chi connectivity index (χ0) is 14.7. The van der Waals surface area contributed by atoms with Gasteiger partial charge in [-0.05, 0) is 30.3 Å². The van der Waals surface area contributed by atoms with Crippen molar-refractivity contribution in [1.82, 2.24) is 0 Å². The predicted octanol–water partition coefficient (Wildman–Crippen LogP) is 1.86. The van der Waals surface area contributed by atoms with Crippen LogP contribution in [0, 0.1) is 0 Å². The molecule has 0 fully saturated rings. The van der Waals surface area contributed by atoms with Gasteiger partial charge in [0.05, 0.1) is 11.3 Å². The standard InChI is InChI=1S/C14H12N2O4/c15-12-10(14(18)19)5-2-6-11(12)20-9-4-1-3-8(7-9)13(16)17/h1-7H,15H2,(H2,16,17)(H,18,19). The maximum absolute atomic E-state index is 11.1. The highest BCUT2D eigenvalue weighted by atomic mass is 16.5. The lowest BCUT2D eigenvalue weighted by atomic mass is 10.1. The van der Waals surface area contributed by atoms with Gasteiger partial charge in [0.1, 0.15) is 5.75 Å². The number of aromatic carboxylic acids is 1. The van der Waals surface area contributed by atoms with Crippen LogP contribution in [-0.4, -0.2) is 17.0 Å². The number of hydrogen-bond donors (Lipinski definition) is 3. The number of carbonyl (C=O) groups excluding carboxylic acids is 1. The molecule has 1 amide bonds. The van der Waals surface area contributed by atoms with E-state index in [2.05, 4.69) is 0 Å². The van der Waals surface area contributed by atoms with Crippen molar-refractivity contribution in [2.75, 3.05) is 5.73 Å². The molecule has 0 radical (unpaired) electrons. The van der Waals surface area contributed by atoms with Gasteiger partial charge in [-0.1, -0.05) is 12.1 Å². The quantitative estimate of drug-likeness (QED) is 0.734. The second kappa shape index (κ2) is 5.31. The van der Waals surface area contributed by atoms with E-state index in [0.29, 0.717) is 5.75 Å². The predicted molar refractivity (Wildman–Crippen MR) is 72.8 cm³/mol. The number of primary amides is 1. The van der Waals surface area contributed by atoms with Gasteiger partial charge >= 0.3 is 5.97 Å². The van der Waals surface area contributed by atoms with E-state index in [1.807, 2.05) is 0 Å². The molecule has 6 heteroatoms. The number of nitrogens with two attached hydrogens (primary N) is 2. The molecule has 0 bridgehead atoms. The summed E-state index contributed by atoms with van der Waals surface area (Å²) in [5.74, 6) is -1.18. The van der Waals surface area contributed by atoms with Crippen molar-refractivity contribution in [2.45, 2.75) is 0 Å². The second-order valence-corrected chi connectivity index (χ2v) is 4.02. The van der Waals surface area contributed by atoms with Gasteiger partial charge in [-0.25, -0.2) is 4.79 Å². The Bertz CT molecular complexity index is 683. The number of anilines is 1. The van der Waals surface area contributed by atoms with Gasteiger partial charge in [0.25, 0.3) is 0 Å². The van der Waals surface area contributed by atoms with Crippen LogP contribution < -0.4 is 16.2 Å². The number of carbonyl (C=O) groups is 2. The Morgan fingerprint density at radius 2 is 1.80 bits per heavy atom. The Labute approximate surface area is 114 Å². The Morgan fingerprint density at radius 3 is 2.45 bits per heavy atom. The number of hydrogen-bond acceptors (Lipinski definition) is 4. The molecule has 2 rings (SSSR count). The highest BCUT2D eigenvalue weighted by Gasteiger charge is 2.13. The van der Waals surface area contributed by atoms with Crippen molar-refractivity contribution in [3.05, 3.63) is 53.6 Å². The van der Waals surface area contributed by atoms with E-state index >= 15 is 0 Å². The van der Waals surface area contributed by atoms with Gasteiger partial charge in [-0.15, -0.1) is 0 Å². The summed E-state index contributed by atoms with van der Waals surface area (Å²) in [5.41, 5.74) is 11.2. The van der Waals surface area contributed by atoms with Crippen LogP contribution in [0.2, 0.25) is 0 Å². The minimum absolute atomic E-state index is 0.0180. The van der Waals surface area contributed by atoms with E-state index < -0.39 is 11.9 Å². The number of rotatable bonds is 4. The minimum Gasteiger partial charge on any atom is -0.478 e. The molecular formula is C14H12N2O4. The van der Waals surface area contributed by atoms with E-state index in [1.54, 1.807) is 24.3 Å². The van der Waals surface area contributed by atoms with Crippen LogP contribution >= 0.6 is 0 Å². The number of para-hydroxylation sites is 1. The maximum Gasteiger partial charge on any atom is 0.337 e. The first-order chi connectivity index (χ1) is 9.49. The summed E-state index contributed by atoms with van der Waals surface area (Å²) in [7, 11) is 0. The third-order valence-corrected chi connectivity index (χ3v) is 2.64. The Kier molecular flexibility index (Phi) is 3.56. The molecule has 5 N–H and O–H groups in total. The molecule has 0 aliphatic heterocycles. The van der Waals surface area contributed by atoms with E-state index in [4.69, 9.17) is 21.3 Å². The number of ether oxygens (including phenoxy) is 1. The van der Waals surface area contributed by atoms with Crippen molar-refractivity contribution >= 4 is 17.6 Å². The Balaban J connectivity index is 2.35. The molecule has 0 atom stereocenters. The molecule has 0 unspecified atom stereocenters. The molecule has 102 valence electrons. The van der Waals surface area contributed by atoms with E-state index in [9.17, 15) is 9.59 Å². The van der Waals surface area contributed by atoms with Crippen LogP contribution in [0.25, 0.3) is 0 Å². The van der Waals surface area contributed by atoms with Crippen molar-refractivity contribution in [2.24, 2.45) is 5.73 Å². The lowest BCUT2D eigenvalue weighted by molar-refractivity contribution is 0.0697. The monoisotopic (exact) mass is 272 g/mol. The van der Waals surface area contributed by atoms with Crippen LogP contribution in [0.5, 0.6) is 11.5 Å². The Morgan fingerprint density at radius 1 is 1.10 bits per heavy atom. The molecule has 0 aliphatic rings. The first kappa shape index (κ1) is 13.4. The first-order valence-corrected chi connectivity index (χ1v) is 5.68. The van der Waals surface area contributed by atoms with Crippen LogP contribution in [0.3, 0.4) is 0 Å². The number of benzene rings is 2. The molecule has 0 spiro atoms. The van der Waals surface area contributed by atoms with Crippen molar-refractivity contribution < 1.29 is 19.4 Å². The third-order valence-electron chi connectivity index (χ3n) is 2.64.